The number of nitrogens with zero attached hydrogens (tertiary/aromatic N) is 2. The number of nitrogens with one attached hydrogen (secondary N) is 1. The van der Waals surface area contributed by atoms with Gasteiger partial charge in [-0.3, -0.25) is 4.79 Å². The van der Waals surface area contributed by atoms with Crippen molar-refractivity contribution >= 4 is 5.97 Å². The molecule has 2 rings (SSSR count). The second-order valence-electron chi connectivity index (χ2n) is 5.44. The molecule has 0 saturated carbocycles. The van der Waals surface area contributed by atoms with E-state index in [9.17, 15) is 14.4 Å². The average molecular weight is 319 g/mol. The van der Waals surface area contributed by atoms with Crippen molar-refractivity contribution in [1.29, 1.82) is 0 Å². The van der Waals surface area contributed by atoms with Crippen molar-refractivity contribution in [3.05, 3.63) is 51.3 Å². The fraction of sp³-hybridized carbons (Fsp3) is 0.438. The van der Waals surface area contributed by atoms with E-state index in [-0.39, 0.29) is 17.8 Å². The molecule has 2 aromatic rings. The summed E-state index contributed by atoms with van der Waals surface area (Å²) in [5, 5.41) is 2.56. The van der Waals surface area contributed by atoms with Crippen molar-refractivity contribution in [2.24, 2.45) is 0 Å². The number of hydrogen-bond donors (Lipinski definition) is 1. The molecule has 1 aromatic carbocycles. The summed E-state index contributed by atoms with van der Waals surface area (Å²) in [6, 6.07) is 8.79. The Kier molecular flexibility index (Phi) is 5.56. The smallest absolute Gasteiger partial charge is 0.351 e. The third kappa shape index (κ3) is 4.45. The topological polar surface area (TPSA) is 86.1 Å². The zero-order chi connectivity index (χ0) is 16.8. The molecule has 1 atom stereocenters. The number of aryl methyl sites for hydroxylation is 1. The van der Waals surface area contributed by atoms with E-state index in [1.807, 2.05) is 13.0 Å². The van der Waals surface area contributed by atoms with Crippen LogP contribution in [0.1, 0.15) is 33.1 Å². The van der Waals surface area contributed by atoms with E-state index in [4.69, 9.17) is 4.74 Å². The lowest BCUT2D eigenvalue weighted by atomic mass is 10.2. The number of hydrogen-bond acceptors (Lipinski definition) is 4. The second kappa shape index (κ2) is 7.62. The van der Waals surface area contributed by atoms with Crippen LogP contribution in [-0.4, -0.2) is 26.4 Å². The minimum atomic E-state index is -0.450. The number of benzene rings is 1. The SMILES string of the molecule is CC(=O)O[C@H](C)CCCCn1[nH]c(=O)n(-c2ccccc2)c1=O. The summed E-state index contributed by atoms with van der Waals surface area (Å²) in [5.41, 5.74) is -0.287. The maximum Gasteiger partial charge on any atom is 0.351 e. The van der Waals surface area contributed by atoms with Crippen LogP contribution in [0.2, 0.25) is 0 Å². The zero-order valence-corrected chi connectivity index (χ0v) is 13.3. The molecule has 0 unspecified atom stereocenters. The Balaban J connectivity index is 1.96. The number of unbranched alkanes of at least 4 members (excludes halogenated alkanes) is 1. The van der Waals surface area contributed by atoms with Gasteiger partial charge in [-0.1, -0.05) is 18.2 Å². The highest BCUT2D eigenvalue weighted by molar-refractivity contribution is 5.66. The first-order valence-electron chi connectivity index (χ1n) is 7.63. The summed E-state index contributed by atoms with van der Waals surface area (Å²) >= 11 is 0. The van der Waals surface area contributed by atoms with Gasteiger partial charge in [-0.15, -0.1) is 0 Å². The number of ether oxygens (including phenoxy) is 1. The number of carbonyl (C=O) groups is 1. The van der Waals surface area contributed by atoms with E-state index in [1.165, 1.54) is 11.6 Å². The summed E-state index contributed by atoms with van der Waals surface area (Å²) < 4.78 is 7.46. The molecule has 0 fully saturated rings. The average Bonchev–Trinajstić information content (AvgIpc) is 2.78. The molecule has 0 amide bonds. The first-order chi connectivity index (χ1) is 11.0. The van der Waals surface area contributed by atoms with Crippen LogP contribution < -0.4 is 11.4 Å². The van der Waals surface area contributed by atoms with Crippen LogP contribution in [0, 0.1) is 0 Å². The minimum absolute atomic E-state index is 0.141. The van der Waals surface area contributed by atoms with E-state index >= 15 is 0 Å². The highest BCUT2D eigenvalue weighted by Crippen LogP contribution is 2.05. The minimum Gasteiger partial charge on any atom is -0.463 e. The van der Waals surface area contributed by atoms with Gasteiger partial charge in [0.25, 0.3) is 0 Å². The molecule has 0 saturated heterocycles. The fourth-order valence-electron chi connectivity index (χ4n) is 2.42. The molecule has 0 radical (unpaired) electrons. The second-order valence-corrected chi connectivity index (χ2v) is 5.44. The monoisotopic (exact) mass is 319 g/mol. The van der Waals surface area contributed by atoms with Crippen LogP contribution in [0.15, 0.2) is 39.9 Å². The number of H-pyrrole nitrogens is 1. The summed E-state index contributed by atoms with van der Waals surface area (Å²) in [6.45, 7) is 3.63. The molecule has 23 heavy (non-hydrogen) atoms. The standard InChI is InChI=1S/C16H21N3O4/c1-12(23-13(2)20)8-6-7-11-18-16(22)19(15(21)17-18)14-9-4-3-5-10-14/h3-5,9-10,12H,6-8,11H2,1-2H3,(H,17,21)/t12-/m1/s1. The lowest BCUT2D eigenvalue weighted by Crippen LogP contribution is -2.27. The fourth-order valence-corrected chi connectivity index (χ4v) is 2.42. The van der Waals surface area contributed by atoms with Crippen molar-refractivity contribution < 1.29 is 9.53 Å². The third-order valence-corrected chi connectivity index (χ3v) is 3.48. The maximum atomic E-state index is 12.3. The predicted molar refractivity (Wildman–Crippen MR) is 85.7 cm³/mol. The van der Waals surface area contributed by atoms with Crippen LogP contribution in [0.25, 0.3) is 5.69 Å². The van der Waals surface area contributed by atoms with Gasteiger partial charge in [0.2, 0.25) is 0 Å². The van der Waals surface area contributed by atoms with E-state index in [0.717, 1.165) is 17.4 Å². The summed E-state index contributed by atoms with van der Waals surface area (Å²) in [7, 11) is 0. The van der Waals surface area contributed by atoms with Gasteiger partial charge in [-0.25, -0.2) is 23.9 Å². The molecular weight excluding hydrogens is 298 g/mol. The van der Waals surface area contributed by atoms with Gasteiger partial charge >= 0.3 is 17.3 Å². The third-order valence-electron chi connectivity index (χ3n) is 3.48. The Morgan fingerprint density at radius 1 is 1.22 bits per heavy atom. The van der Waals surface area contributed by atoms with Gasteiger partial charge in [0.15, 0.2) is 0 Å². The van der Waals surface area contributed by atoms with E-state index < -0.39 is 5.69 Å². The molecular formula is C16H21N3O4. The van der Waals surface area contributed by atoms with Crippen LogP contribution in [0.3, 0.4) is 0 Å². The number of esters is 1. The Labute approximate surface area is 133 Å². The lowest BCUT2D eigenvalue weighted by molar-refractivity contribution is -0.145. The van der Waals surface area contributed by atoms with Gasteiger partial charge in [0.05, 0.1) is 11.8 Å². The number of rotatable bonds is 7. The van der Waals surface area contributed by atoms with E-state index in [1.54, 1.807) is 24.3 Å². The Bertz CT molecular complexity index is 758. The summed E-state index contributed by atoms with van der Waals surface area (Å²) in [5.74, 6) is -0.294. The van der Waals surface area contributed by atoms with E-state index in [0.29, 0.717) is 18.7 Å². The normalized spacial score (nSPS) is 12.1. The van der Waals surface area contributed by atoms with Crippen molar-refractivity contribution in [2.75, 3.05) is 0 Å². The van der Waals surface area contributed by atoms with Gasteiger partial charge in [0, 0.05) is 13.5 Å². The van der Waals surface area contributed by atoms with Crippen LogP contribution >= 0.6 is 0 Å². The lowest BCUT2D eigenvalue weighted by Gasteiger charge is -2.11. The first-order valence-corrected chi connectivity index (χ1v) is 7.63. The summed E-state index contributed by atoms with van der Waals surface area (Å²) in [4.78, 5) is 35.1. The molecule has 7 nitrogen and oxygen atoms in total. The van der Waals surface area contributed by atoms with E-state index in [2.05, 4.69) is 5.10 Å². The number of aromatic amines is 1. The van der Waals surface area contributed by atoms with Gasteiger partial charge in [0.1, 0.15) is 0 Å². The molecule has 124 valence electrons. The number of para-hydroxylation sites is 1. The molecule has 1 heterocycles. The largest absolute Gasteiger partial charge is 0.463 e. The van der Waals surface area contributed by atoms with Crippen LogP contribution in [0.5, 0.6) is 0 Å². The van der Waals surface area contributed by atoms with Gasteiger partial charge < -0.3 is 4.74 Å². The highest BCUT2D eigenvalue weighted by atomic mass is 16.5. The molecule has 1 aromatic heterocycles. The Morgan fingerprint density at radius 3 is 2.57 bits per heavy atom. The molecule has 1 N–H and O–H groups in total. The van der Waals surface area contributed by atoms with Crippen LogP contribution in [-0.2, 0) is 16.1 Å². The molecule has 0 aliphatic carbocycles. The zero-order valence-electron chi connectivity index (χ0n) is 13.3. The summed E-state index contributed by atoms with van der Waals surface area (Å²) in [6.07, 6.45) is 2.08. The molecule has 7 heteroatoms. The molecule has 0 spiro atoms. The first kappa shape index (κ1) is 16.8. The van der Waals surface area contributed by atoms with Crippen molar-refractivity contribution in [3.8, 4) is 5.69 Å². The van der Waals surface area contributed by atoms with Crippen molar-refractivity contribution in [2.45, 2.75) is 45.8 Å². The highest BCUT2D eigenvalue weighted by Gasteiger charge is 2.11. The quantitative estimate of drug-likeness (QED) is 0.618. The van der Waals surface area contributed by atoms with Gasteiger partial charge in [-0.2, -0.15) is 0 Å². The molecule has 0 aliphatic heterocycles. The predicted octanol–water partition coefficient (Wildman–Crippen LogP) is 1.45. The molecule has 0 aliphatic rings. The van der Waals surface area contributed by atoms with Crippen LogP contribution in [0.4, 0.5) is 0 Å². The Morgan fingerprint density at radius 2 is 1.91 bits per heavy atom. The number of carbonyl (C=O) groups excluding carboxylic acids is 1. The number of aromatic nitrogens is 3. The van der Waals surface area contributed by atoms with Crippen molar-refractivity contribution in [3.63, 3.8) is 0 Å². The van der Waals surface area contributed by atoms with Gasteiger partial charge in [-0.05, 0) is 38.3 Å². The van der Waals surface area contributed by atoms with Crippen molar-refractivity contribution in [1.82, 2.24) is 14.3 Å². The molecule has 0 bridgehead atoms. The Hall–Kier alpha value is -2.57. The maximum absolute atomic E-state index is 12.3.